The fraction of sp³-hybridized carbons (Fsp3) is 0.727. The van der Waals surface area contributed by atoms with Gasteiger partial charge >= 0.3 is 5.97 Å². The van der Waals surface area contributed by atoms with Crippen LogP contribution < -0.4 is 5.32 Å². The van der Waals surface area contributed by atoms with Crippen molar-refractivity contribution in [3.8, 4) is 0 Å². The van der Waals surface area contributed by atoms with Crippen LogP contribution in [0.4, 0.5) is 0 Å². The highest BCUT2D eigenvalue weighted by Crippen LogP contribution is 2.24. The maximum Gasteiger partial charge on any atom is 0.333 e. The van der Waals surface area contributed by atoms with Crippen molar-refractivity contribution in [3.63, 3.8) is 0 Å². The van der Waals surface area contributed by atoms with Gasteiger partial charge in [0.25, 0.3) is 0 Å². The fourth-order valence-electron chi connectivity index (χ4n) is 1.38. The molecule has 0 spiro atoms. The molecule has 1 rings (SSSR count). The molecule has 1 heterocycles. The van der Waals surface area contributed by atoms with Crippen molar-refractivity contribution in [3.05, 3.63) is 12.2 Å². The van der Waals surface area contributed by atoms with E-state index in [0.717, 1.165) is 6.54 Å². The van der Waals surface area contributed by atoms with E-state index < -0.39 is 0 Å². The molecule has 1 atom stereocenters. The summed E-state index contributed by atoms with van der Waals surface area (Å²) in [5.74, 6) is -0.346. The first-order valence-electron chi connectivity index (χ1n) is 5.11. The van der Waals surface area contributed by atoms with Crippen molar-refractivity contribution in [1.29, 1.82) is 0 Å². The van der Waals surface area contributed by atoms with Gasteiger partial charge in [-0.05, 0) is 6.92 Å². The molecule has 0 aliphatic carbocycles. The zero-order chi connectivity index (χ0) is 11.5. The molecule has 0 radical (unpaired) electrons. The zero-order valence-electron chi connectivity index (χ0n) is 9.63. The van der Waals surface area contributed by atoms with Gasteiger partial charge in [-0.1, -0.05) is 20.4 Å². The SMILES string of the molecule is C=C(C)C(=O)OCC(C)(C)C1NCCO1. The first-order chi connectivity index (χ1) is 6.93. The van der Waals surface area contributed by atoms with Gasteiger partial charge in [-0.3, -0.25) is 5.32 Å². The first kappa shape index (κ1) is 12.2. The van der Waals surface area contributed by atoms with Crippen LogP contribution in [0.1, 0.15) is 20.8 Å². The number of hydrogen-bond acceptors (Lipinski definition) is 4. The van der Waals surface area contributed by atoms with Crippen molar-refractivity contribution in [1.82, 2.24) is 5.32 Å². The largest absolute Gasteiger partial charge is 0.462 e. The highest BCUT2D eigenvalue weighted by molar-refractivity contribution is 5.86. The number of hydrogen-bond donors (Lipinski definition) is 1. The van der Waals surface area contributed by atoms with Gasteiger partial charge in [-0.2, -0.15) is 0 Å². The maximum absolute atomic E-state index is 11.2. The number of ether oxygens (including phenoxy) is 2. The third-order valence-corrected chi connectivity index (χ3v) is 2.35. The van der Waals surface area contributed by atoms with Gasteiger partial charge in [0.1, 0.15) is 12.8 Å². The first-order valence-corrected chi connectivity index (χ1v) is 5.11. The van der Waals surface area contributed by atoms with Crippen LogP contribution in [-0.4, -0.2) is 32.0 Å². The standard InChI is InChI=1S/C11H19NO3/c1-8(2)9(13)15-7-11(3,4)10-12-5-6-14-10/h10,12H,1,5-7H2,2-4H3. The molecule has 1 saturated heterocycles. The third-order valence-electron chi connectivity index (χ3n) is 2.35. The predicted molar refractivity (Wildman–Crippen MR) is 57.3 cm³/mol. The molecule has 15 heavy (non-hydrogen) atoms. The molecule has 1 aliphatic rings. The Morgan fingerprint density at radius 2 is 2.33 bits per heavy atom. The van der Waals surface area contributed by atoms with Crippen LogP contribution in [-0.2, 0) is 14.3 Å². The van der Waals surface area contributed by atoms with Crippen LogP contribution in [0.2, 0.25) is 0 Å². The predicted octanol–water partition coefficient (Wildman–Crippen LogP) is 1.08. The summed E-state index contributed by atoms with van der Waals surface area (Å²) in [4.78, 5) is 11.2. The second-order valence-electron chi connectivity index (χ2n) is 4.55. The lowest BCUT2D eigenvalue weighted by atomic mass is 9.92. The number of carbonyl (C=O) groups is 1. The zero-order valence-corrected chi connectivity index (χ0v) is 9.63. The summed E-state index contributed by atoms with van der Waals surface area (Å²) in [5.41, 5.74) is 0.202. The minimum absolute atomic E-state index is 0.0459. The summed E-state index contributed by atoms with van der Waals surface area (Å²) in [5, 5.41) is 3.21. The number of rotatable bonds is 4. The van der Waals surface area contributed by atoms with Gasteiger partial charge in [0.05, 0.1) is 6.61 Å². The average Bonchev–Trinajstić information content (AvgIpc) is 2.67. The summed E-state index contributed by atoms with van der Waals surface area (Å²) < 4.78 is 10.6. The molecule has 1 aliphatic heterocycles. The van der Waals surface area contributed by atoms with Gasteiger partial charge in [0.2, 0.25) is 0 Å². The number of nitrogens with one attached hydrogen (secondary N) is 1. The maximum atomic E-state index is 11.2. The summed E-state index contributed by atoms with van der Waals surface area (Å²) in [6, 6.07) is 0. The monoisotopic (exact) mass is 213 g/mol. The lowest BCUT2D eigenvalue weighted by Crippen LogP contribution is -2.42. The van der Waals surface area contributed by atoms with Gasteiger partial charge in [0.15, 0.2) is 0 Å². The Hall–Kier alpha value is -0.870. The van der Waals surface area contributed by atoms with Gasteiger partial charge in [-0.15, -0.1) is 0 Å². The molecule has 0 aromatic heterocycles. The summed E-state index contributed by atoms with van der Waals surface area (Å²) in [6.45, 7) is 11.1. The highest BCUT2D eigenvalue weighted by Gasteiger charge is 2.34. The third kappa shape index (κ3) is 3.32. The lowest BCUT2D eigenvalue weighted by Gasteiger charge is -2.30. The van der Waals surface area contributed by atoms with E-state index in [-0.39, 0.29) is 17.6 Å². The van der Waals surface area contributed by atoms with E-state index >= 15 is 0 Å². The summed E-state index contributed by atoms with van der Waals surface area (Å²) in [6.07, 6.45) is -0.0459. The highest BCUT2D eigenvalue weighted by atomic mass is 16.5. The van der Waals surface area contributed by atoms with Crippen LogP contribution in [0.15, 0.2) is 12.2 Å². The van der Waals surface area contributed by atoms with Crippen LogP contribution in [0.25, 0.3) is 0 Å². The summed E-state index contributed by atoms with van der Waals surface area (Å²) >= 11 is 0. The average molecular weight is 213 g/mol. The van der Waals surface area contributed by atoms with E-state index in [1.165, 1.54) is 0 Å². The second kappa shape index (κ2) is 4.77. The minimum atomic E-state index is -0.346. The molecule has 0 saturated carbocycles. The normalized spacial score (nSPS) is 21.4. The van der Waals surface area contributed by atoms with Crippen molar-refractivity contribution in [2.75, 3.05) is 19.8 Å². The number of carbonyl (C=O) groups excluding carboxylic acids is 1. The molecule has 1 unspecified atom stereocenters. The molecule has 0 aromatic rings. The second-order valence-corrected chi connectivity index (χ2v) is 4.55. The molecular formula is C11H19NO3. The Labute approximate surface area is 90.6 Å². The Morgan fingerprint density at radius 3 is 2.80 bits per heavy atom. The van der Waals surface area contributed by atoms with E-state index in [0.29, 0.717) is 18.8 Å². The van der Waals surface area contributed by atoms with E-state index in [4.69, 9.17) is 9.47 Å². The Balaban J connectivity index is 2.41. The quantitative estimate of drug-likeness (QED) is 0.560. The van der Waals surface area contributed by atoms with E-state index in [2.05, 4.69) is 11.9 Å². The molecule has 0 amide bonds. The van der Waals surface area contributed by atoms with Crippen LogP contribution >= 0.6 is 0 Å². The van der Waals surface area contributed by atoms with Crippen molar-refractivity contribution < 1.29 is 14.3 Å². The van der Waals surface area contributed by atoms with E-state index in [1.54, 1.807) is 6.92 Å². The van der Waals surface area contributed by atoms with E-state index in [9.17, 15) is 4.79 Å². The Kier molecular flexibility index (Phi) is 3.88. The molecule has 0 bridgehead atoms. The Morgan fingerprint density at radius 1 is 1.67 bits per heavy atom. The topological polar surface area (TPSA) is 47.6 Å². The van der Waals surface area contributed by atoms with Crippen molar-refractivity contribution in [2.24, 2.45) is 5.41 Å². The molecule has 4 heteroatoms. The van der Waals surface area contributed by atoms with Crippen LogP contribution in [0.5, 0.6) is 0 Å². The molecule has 1 fully saturated rings. The summed E-state index contributed by atoms with van der Waals surface area (Å²) in [7, 11) is 0. The van der Waals surface area contributed by atoms with E-state index in [1.807, 2.05) is 13.8 Å². The molecule has 4 nitrogen and oxygen atoms in total. The molecule has 0 aromatic carbocycles. The van der Waals surface area contributed by atoms with Gasteiger partial charge < -0.3 is 9.47 Å². The molecule has 1 N–H and O–H groups in total. The van der Waals surface area contributed by atoms with Gasteiger partial charge in [-0.25, -0.2) is 4.79 Å². The van der Waals surface area contributed by atoms with Crippen LogP contribution in [0.3, 0.4) is 0 Å². The van der Waals surface area contributed by atoms with Crippen molar-refractivity contribution in [2.45, 2.75) is 27.0 Å². The Bertz CT molecular complexity index is 255. The van der Waals surface area contributed by atoms with Crippen LogP contribution in [0, 0.1) is 5.41 Å². The minimum Gasteiger partial charge on any atom is -0.462 e. The van der Waals surface area contributed by atoms with Crippen molar-refractivity contribution >= 4 is 5.97 Å². The fourth-order valence-corrected chi connectivity index (χ4v) is 1.38. The number of esters is 1. The molecular weight excluding hydrogens is 194 g/mol. The van der Waals surface area contributed by atoms with Gasteiger partial charge in [0, 0.05) is 17.5 Å². The molecule has 86 valence electrons. The lowest BCUT2D eigenvalue weighted by molar-refractivity contribution is -0.145. The smallest absolute Gasteiger partial charge is 0.333 e.